The monoisotopic (exact) mass is 347 g/mol. The van der Waals surface area contributed by atoms with Crippen molar-refractivity contribution >= 4 is 17.6 Å². The average molecular weight is 347 g/mol. The first-order valence-electron chi connectivity index (χ1n) is 9.46. The molecule has 0 aromatic carbocycles. The van der Waals surface area contributed by atoms with Crippen molar-refractivity contribution in [1.29, 1.82) is 0 Å². The molecule has 1 aliphatic carbocycles. The highest BCUT2D eigenvalue weighted by molar-refractivity contribution is 5.94. The van der Waals surface area contributed by atoms with E-state index in [1.807, 2.05) is 20.2 Å². The average Bonchev–Trinajstić information content (AvgIpc) is 2.97. The Bertz CT molecular complexity index is 621. The normalized spacial score (nSPS) is 21.9. The molecule has 7 nitrogen and oxygen atoms in total. The number of aryl methyl sites for hydroxylation is 2. The van der Waals surface area contributed by atoms with Gasteiger partial charge in [-0.2, -0.15) is 5.10 Å². The van der Waals surface area contributed by atoms with Crippen molar-refractivity contribution in [2.75, 3.05) is 18.4 Å². The quantitative estimate of drug-likeness (QED) is 0.877. The predicted molar refractivity (Wildman–Crippen MR) is 96.3 cm³/mol. The summed E-state index contributed by atoms with van der Waals surface area (Å²) in [5, 5.41) is 10.2. The summed E-state index contributed by atoms with van der Waals surface area (Å²) in [6, 6.07) is -0.558. The molecule has 2 fully saturated rings. The van der Waals surface area contributed by atoms with Crippen LogP contribution in [0.3, 0.4) is 0 Å². The molecule has 2 aliphatic rings. The molecule has 1 aromatic heterocycles. The van der Waals surface area contributed by atoms with E-state index < -0.39 is 0 Å². The zero-order chi connectivity index (χ0) is 17.8. The van der Waals surface area contributed by atoms with Crippen molar-refractivity contribution in [3.63, 3.8) is 0 Å². The molecule has 1 aliphatic heterocycles. The summed E-state index contributed by atoms with van der Waals surface area (Å²) in [5.41, 5.74) is 1.60. The number of aromatic nitrogens is 2. The van der Waals surface area contributed by atoms with Gasteiger partial charge in [0.2, 0.25) is 5.91 Å². The number of nitrogens with zero attached hydrogens (tertiary/aromatic N) is 3. The van der Waals surface area contributed by atoms with Crippen LogP contribution in [0.4, 0.5) is 10.5 Å². The van der Waals surface area contributed by atoms with Crippen LogP contribution in [0.25, 0.3) is 0 Å². The van der Waals surface area contributed by atoms with Gasteiger partial charge in [-0.05, 0) is 18.8 Å². The van der Waals surface area contributed by atoms with Crippen LogP contribution in [0.15, 0.2) is 6.20 Å². The van der Waals surface area contributed by atoms with Gasteiger partial charge in [-0.15, -0.1) is 0 Å². The molecule has 2 N–H and O–H groups in total. The molecule has 138 valence electrons. The van der Waals surface area contributed by atoms with Crippen LogP contribution in [0.2, 0.25) is 0 Å². The molecular formula is C18H29N5O2. The molecule has 0 radical (unpaired) electrons. The fourth-order valence-corrected chi connectivity index (χ4v) is 4.02. The smallest absolute Gasteiger partial charge is 0.322 e. The number of carbonyl (C=O) groups excluding carboxylic acids is 2. The summed E-state index contributed by atoms with van der Waals surface area (Å²) in [5.74, 6) is 0.524. The van der Waals surface area contributed by atoms with Crippen molar-refractivity contribution in [1.82, 2.24) is 20.0 Å². The largest absolute Gasteiger partial charge is 0.353 e. The second-order valence-electron chi connectivity index (χ2n) is 7.19. The Labute approximate surface area is 149 Å². The third-order valence-electron chi connectivity index (χ3n) is 5.35. The molecule has 1 atom stereocenters. The third-order valence-corrected chi connectivity index (χ3v) is 5.35. The fraction of sp³-hybridized carbons (Fsp3) is 0.722. The van der Waals surface area contributed by atoms with Crippen LogP contribution in [-0.2, 0) is 18.3 Å². The van der Waals surface area contributed by atoms with Crippen molar-refractivity contribution < 1.29 is 9.59 Å². The van der Waals surface area contributed by atoms with Gasteiger partial charge >= 0.3 is 6.03 Å². The van der Waals surface area contributed by atoms with Crippen molar-refractivity contribution in [3.8, 4) is 0 Å². The molecule has 0 bridgehead atoms. The van der Waals surface area contributed by atoms with Crippen LogP contribution in [0, 0.1) is 5.92 Å². The first-order chi connectivity index (χ1) is 12.1. The molecule has 3 amide bonds. The van der Waals surface area contributed by atoms with Crippen molar-refractivity contribution in [2.45, 2.75) is 57.9 Å². The standard InChI is InChI=1S/C18H29N5O2/c1-3-14-15(12-22(2)21-14)20-18(25)23-10-9-19-17(24)16(23)11-13-7-5-4-6-8-13/h12-13,16H,3-11H2,1-2H3,(H,19,24)(H,20,25). The number of amides is 3. The fourth-order valence-electron chi connectivity index (χ4n) is 4.02. The molecule has 3 rings (SSSR count). The van der Waals surface area contributed by atoms with E-state index in [4.69, 9.17) is 0 Å². The van der Waals surface area contributed by atoms with Gasteiger partial charge in [-0.3, -0.25) is 9.48 Å². The molecule has 7 heteroatoms. The Hall–Kier alpha value is -2.05. The van der Waals surface area contributed by atoms with Crippen molar-refractivity contribution in [2.24, 2.45) is 13.0 Å². The highest BCUT2D eigenvalue weighted by Crippen LogP contribution is 2.29. The summed E-state index contributed by atoms with van der Waals surface area (Å²) in [6.45, 7) is 3.08. The summed E-state index contributed by atoms with van der Waals surface area (Å²) in [4.78, 5) is 27.0. The number of urea groups is 1. The van der Waals surface area contributed by atoms with Crippen LogP contribution >= 0.6 is 0 Å². The minimum absolute atomic E-state index is 0.0196. The van der Waals surface area contributed by atoms with Crippen LogP contribution in [0.1, 0.15) is 51.1 Å². The number of hydrogen-bond donors (Lipinski definition) is 2. The maximum absolute atomic E-state index is 12.8. The minimum Gasteiger partial charge on any atom is -0.353 e. The van der Waals surface area contributed by atoms with Gasteiger partial charge in [-0.25, -0.2) is 4.79 Å². The second kappa shape index (κ2) is 7.89. The van der Waals surface area contributed by atoms with E-state index in [0.29, 0.717) is 19.0 Å². The van der Waals surface area contributed by atoms with E-state index in [9.17, 15) is 9.59 Å². The number of hydrogen-bond acceptors (Lipinski definition) is 3. The molecule has 1 aromatic rings. The highest BCUT2D eigenvalue weighted by atomic mass is 16.2. The minimum atomic E-state index is -0.362. The predicted octanol–water partition coefficient (Wildman–Crippen LogP) is 2.29. The third kappa shape index (κ3) is 4.14. The van der Waals surface area contributed by atoms with Gasteiger partial charge in [0, 0.05) is 26.3 Å². The van der Waals surface area contributed by atoms with E-state index in [1.165, 1.54) is 32.1 Å². The lowest BCUT2D eigenvalue weighted by atomic mass is 9.84. The summed E-state index contributed by atoms with van der Waals surface area (Å²) >= 11 is 0. The highest BCUT2D eigenvalue weighted by Gasteiger charge is 2.35. The lowest BCUT2D eigenvalue weighted by molar-refractivity contribution is -0.128. The molecule has 0 spiro atoms. The lowest BCUT2D eigenvalue weighted by Gasteiger charge is -2.37. The second-order valence-corrected chi connectivity index (χ2v) is 7.19. The first-order valence-corrected chi connectivity index (χ1v) is 9.46. The van der Waals surface area contributed by atoms with Crippen molar-refractivity contribution in [3.05, 3.63) is 11.9 Å². The Kier molecular flexibility index (Phi) is 5.60. The van der Waals surface area contributed by atoms with E-state index in [2.05, 4.69) is 15.7 Å². The first kappa shape index (κ1) is 17.8. The van der Waals surface area contributed by atoms with Gasteiger partial charge in [-0.1, -0.05) is 39.0 Å². The maximum Gasteiger partial charge on any atom is 0.322 e. The van der Waals surface area contributed by atoms with E-state index in [-0.39, 0.29) is 18.0 Å². The maximum atomic E-state index is 12.8. The number of carbonyl (C=O) groups is 2. The zero-order valence-corrected chi connectivity index (χ0v) is 15.3. The summed E-state index contributed by atoms with van der Waals surface area (Å²) < 4.78 is 1.71. The van der Waals surface area contributed by atoms with E-state index >= 15 is 0 Å². The Morgan fingerprint density at radius 1 is 1.36 bits per heavy atom. The van der Waals surface area contributed by atoms with Crippen LogP contribution < -0.4 is 10.6 Å². The van der Waals surface area contributed by atoms with E-state index in [0.717, 1.165) is 24.2 Å². The molecular weight excluding hydrogens is 318 g/mol. The van der Waals surface area contributed by atoms with Gasteiger partial charge in [0.1, 0.15) is 6.04 Å². The van der Waals surface area contributed by atoms with Gasteiger partial charge < -0.3 is 15.5 Å². The Morgan fingerprint density at radius 2 is 2.12 bits per heavy atom. The van der Waals surface area contributed by atoms with Crippen LogP contribution in [0.5, 0.6) is 0 Å². The molecule has 1 saturated heterocycles. The SMILES string of the molecule is CCc1nn(C)cc1NC(=O)N1CCNC(=O)C1CC1CCCCC1. The molecule has 1 saturated carbocycles. The van der Waals surface area contributed by atoms with Gasteiger partial charge in [0.15, 0.2) is 0 Å². The Balaban J connectivity index is 1.70. The molecule has 1 unspecified atom stereocenters. The van der Waals surface area contributed by atoms with Crippen LogP contribution in [-0.4, -0.2) is 45.8 Å². The summed E-state index contributed by atoms with van der Waals surface area (Å²) in [6.07, 6.45) is 9.44. The molecule has 25 heavy (non-hydrogen) atoms. The Morgan fingerprint density at radius 3 is 2.84 bits per heavy atom. The number of nitrogens with one attached hydrogen (secondary N) is 2. The topological polar surface area (TPSA) is 79.3 Å². The van der Waals surface area contributed by atoms with E-state index in [1.54, 1.807) is 9.58 Å². The van der Waals surface area contributed by atoms with Gasteiger partial charge in [0.05, 0.1) is 11.4 Å². The number of piperazine rings is 1. The van der Waals surface area contributed by atoms with Gasteiger partial charge in [0.25, 0.3) is 0 Å². The number of anilines is 1. The lowest BCUT2D eigenvalue weighted by Crippen LogP contribution is -2.58. The number of rotatable bonds is 4. The summed E-state index contributed by atoms with van der Waals surface area (Å²) in [7, 11) is 1.84. The zero-order valence-electron chi connectivity index (χ0n) is 15.3. The molecule has 2 heterocycles.